The van der Waals surface area contributed by atoms with E-state index in [1.54, 1.807) is 41.9 Å². The molecule has 0 aliphatic rings. The number of hydrogen-bond donors (Lipinski definition) is 2. The number of benzene rings is 2. The van der Waals surface area contributed by atoms with Gasteiger partial charge in [-0.1, -0.05) is 0 Å². The van der Waals surface area contributed by atoms with Crippen molar-refractivity contribution < 1.29 is 21.6 Å². The van der Waals surface area contributed by atoms with Gasteiger partial charge < -0.3 is 5.32 Å². The van der Waals surface area contributed by atoms with Crippen LogP contribution in [0.25, 0.3) is 5.69 Å². The van der Waals surface area contributed by atoms with Crippen molar-refractivity contribution in [3.8, 4) is 5.69 Å². The minimum atomic E-state index is -3.90. The maximum atomic E-state index is 12.6. The molecule has 30 heavy (non-hydrogen) atoms. The maximum absolute atomic E-state index is 12.6. The van der Waals surface area contributed by atoms with Gasteiger partial charge in [-0.25, -0.2) is 21.5 Å². The maximum Gasteiger partial charge on any atom is 0.261 e. The minimum absolute atomic E-state index is 0.0373. The van der Waals surface area contributed by atoms with Crippen molar-refractivity contribution >= 4 is 37.3 Å². The van der Waals surface area contributed by atoms with Crippen LogP contribution < -0.4 is 10.0 Å². The number of carbonyl (C=O) groups excluding carboxylic acids is 1. The molecule has 2 N–H and O–H groups in total. The average molecular weight is 449 g/mol. The minimum Gasteiger partial charge on any atom is -0.311 e. The average Bonchev–Trinajstić information content (AvgIpc) is 3.01. The summed E-state index contributed by atoms with van der Waals surface area (Å²) in [5, 5.41) is 7.02. The quantitative estimate of drug-likeness (QED) is 0.596. The number of aromatic nitrogens is 2. The highest BCUT2D eigenvalue weighted by Crippen LogP contribution is 2.22. The van der Waals surface area contributed by atoms with Gasteiger partial charge in [0.1, 0.15) is 5.82 Å². The van der Waals surface area contributed by atoms with E-state index < -0.39 is 19.9 Å². The Kier molecular flexibility index (Phi) is 5.68. The lowest BCUT2D eigenvalue weighted by molar-refractivity contribution is -0.114. The van der Waals surface area contributed by atoms with E-state index in [4.69, 9.17) is 0 Å². The van der Waals surface area contributed by atoms with Crippen molar-refractivity contribution in [2.75, 3.05) is 16.3 Å². The second-order valence-electron chi connectivity index (χ2n) is 6.66. The number of rotatable bonds is 6. The van der Waals surface area contributed by atoms with Crippen LogP contribution >= 0.6 is 0 Å². The lowest BCUT2D eigenvalue weighted by Gasteiger charge is -2.11. The zero-order chi connectivity index (χ0) is 22.1. The first-order chi connectivity index (χ1) is 14.0. The molecule has 9 nitrogen and oxygen atoms in total. The Bertz CT molecular complexity index is 1290. The van der Waals surface area contributed by atoms with Crippen LogP contribution in [-0.2, 0) is 24.7 Å². The van der Waals surface area contributed by atoms with Gasteiger partial charge in [-0.05, 0) is 55.5 Å². The van der Waals surface area contributed by atoms with Gasteiger partial charge in [-0.3, -0.25) is 9.52 Å². The van der Waals surface area contributed by atoms with Crippen molar-refractivity contribution in [3.05, 3.63) is 60.3 Å². The Morgan fingerprint density at radius 3 is 2.03 bits per heavy atom. The van der Waals surface area contributed by atoms with Crippen molar-refractivity contribution in [3.63, 3.8) is 0 Å². The van der Waals surface area contributed by atoms with Crippen LogP contribution in [0.15, 0.2) is 64.4 Å². The molecule has 3 aromatic rings. The molecule has 11 heteroatoms. The molecule has 0 fully saturated rings. The summed E-state index contributed by atoms with van der Waals surface area (Å²) in [5.41, 5.74) is 1.66. The molecular formula is C19H20N4O5S2. The lowest BCUT2D eigenvalue weighted by Crippen LogP contribution is -2.13. The van der Waals surface area contributed by atoms with E-state index in [-0.39, 0.29) is 15.7 Å². The van der Waals surface area contributed by atoms with Crippen molar-refractivity contribution in [2.24, 2.45) is 0 Å². The third-order valence-corrected chi connectivity index (χ3v) is 6.59. The van der Waals surface area contributed by atoms with E-state index in [2.05, 4.69) is 15.1 Å². The zero-order valence-corrected chi connectivity index (χ0v) is 18.1. The third kappa shape index (κ3) is 4.86. The van der Waals surface area contributed by atoms with Crippen molar-refractivity contribution in [2.45, 2.75) is 23.6 Å². The van der Waals surface area contributed by atoms with E-state index in [0.29, 0.717) is 22.9 Å². The number of amides is 1. The van der Waals surface area contributed by atoms with Crippen LogP contribution in [0.5, 0.6) is 0 Å². The number of carbonyl (C=O) groups is 1. The Balaban J connectivity index is 1.83. The van der Waals surface area contributed by atoms with E-state index >= 15 is 0 Å². The van der Waals surface area contributed by atoms with E-state index in [9.17, 15) is 21.6 Å². The van der Waals surface area contributed by atoms with E-state index in [1.807, 2.05) is 0 Å². The topological polar surface area (TPSA) is 127 Å². The molecule has 0 aliphatic carbocycles. The molecule has 1 aromatic heterocycles. The van der Waals surface area contributed by atoms with Gasteiger partial charge in [0.15, 0.2) is 9.84 Å². The molecule has 0 radical (unpaired) electrons. The molecule has 3 rings (SSSR count). The van der Waals surface area contributed by atoms with Crippen molar-refractivity contribution in [1.82, 2.24) is 9.78 Å². The summed E-state index contributed by atoms with van der Waals surface area (Å²) in [4.78, 5) is 11.3. The monoisotopic (exact) mass is 448 g/mol. The van der Waals surface area contributed by atoms with Gasteiger partial charge in [0.2, 0.25) is 5.91 Å². The summed E-state index contributed by atoms with van der Waals surface area (Å²) in [6, 6.07) is 13.1. The first-order valence-electron chi connectivity index (χ1n) is 8.73. The largest absolute Gasteiger partial charge is 0.311 e. The second-order valence-corrected chi connectivity index (χ2v) is 10.4. The van der Waals surface area contributed by atoms with Crippen LogP contribution in [0.4, 0.5) is 11.5 Å². The van der Waals surface area contributed by atoms with Gasteiger partial charge in [0.05, 0.1) is 21.2 Å². The van der Waals surface area contributed by atoms with Gasteiger partial charge in [-0.15, -0.1) is 0 Å². The molecule has 0 unspecified atom stereocenters. The summed E-state index contributed by atoms with van der Waals surface area (Å²) in [5.74, 6) is 0.265. The number of sulfonamides is 1. The number of anilines is 2. The number of nitrogens with zero attached hydrogens (tertiary/aromatic N) is 2. The summed E-state index contributed by atoms with van der Waals surface area (Å²) in [6.45, 7) is 3.19. The predicted molar refractivity (Wildman–Crippen MR) is 113 cm³/mol. The van der Waals surface area contributed by atoms with Gasteiger partial charge >= 0.3 is 0 Å². The van der Waals surface area contributed by atoms with E-state index in [1.165, 1.54) is 31.2 Å². The van der Waals surface area contributed by atoms with Crippen LogP contribution in [0, 0.1) is 6.92 Å². The zero-order valence-electron chi connectivity index (χ0n) is 16.4. The van der Waals surface area contributed by atoms with Crippen LogP contribution in [0.2, 0.25) is 0 Å². The fourth-order valence-corrected chi connectivity index (χ4v) is 4.41. The molecule has 0 saturated heterocycles. The molecule has 1 amide bonds. The normalized spacial score (nSPS) is 11.8. The number of nitrogens with one attached hydrogen (secondary N) is 2. The highest BCUT2D eigenvalue weighted by Gasteiger charge is 2.16. The Morgan fingerprint density at radius 1 is 0.933 bits per heavy atom. The third-order valence-electron chi connectivity index (χ3n) is 4.06. The molecule has 0 spiro atoms. The van der Waals surface area contributed by atoms with Crippen molar-refractivity contribution in [1.29, 1.82) is 0 Å². The molecular weight excluding hydrogens is 428 g/mol. The van der Waals surface area contributed by atoms with Crippen LogP contribution in [0.1, 0.15) is 12.6 Å². The Hall–Kier alpha value is -3.18. The SMILES string of the molecule is CC(=O)Nc1cc(C)nn1-c1ccc(NS(=O)(=O)c2ccc(S(C)(=O)=O)cc2)cc1. The summed E-state index contributed by atoms with van der Waals surface area (Å²) in [6.07, 6.45) is 1.05. The fourth-order valence-electron chi connectivity index (χ4n) is 2.72. The molecule has 0 saturated carbocycles. The first kappa shape index (κ1) is 21.5. The predicted octanol–water partition coefficient (Wildman–Crippen LogP) is 2.34. The summed E-state index contributed by atoms with van der Waals surface area (Å²) < 4.78 is 52.2. The fraction of sp³-hybridized carbons (Fsp3) is 0.158. The molecule has 0 bridgehead atoms. The molecule has 0 atom stereocenters. The lowest BCUT2D eigenvalue weighted by atomic mass is 10.3. The summed E-state index contributed by atoms with van der Waals surface area (Å²) >= 11 is 0. The van der Waals surface area contributed by atoms with E-state index in [0.717, 1.165) is 6.26 Å². The Morgan fingerprint density at radius 2 is 1.50 bits per heavy atom. The van der Waals surface area contributed by atoms with Gasteiger partial charge in [0, 0.05) is 24.9 Å². The van der Waals surface area contributed by atoms with Crippen LogP contribution in [-0.4, -0.2) is 38.8 Å². The molecule has 2 aromatic carbocycles. The van der Waals surface area contributed by atoms with Gasteiger partial charge in [0.25, 0.3) is 10.0 Å². The number of aryl methyl sites for hydroxylation is 1. The second kappa shape index (κ2) is 7.92. The molecule has 158 valence electrons. The highest BCUT2D eigenvalue weighted by molar-refractivity contribution is 7.92. The Labute approximate surface area is 174 Å². The summed E-state index contributed by atoms with van der Waals surface area (Å²) in [7, 11) is -7.31. The highest BCUT2D eigenvalue weighted by atomic mass is 32.2. The molecule has 0 aliphatic heterocycles. The smallest absolute Gasteiger partial charge is 0.261 e. The standard InChI is InChI=1S/C19H20N4O5S2/c1-13-12-19(20-14(2)24)23(21-13)16-6-4-15(5-7-16)22-30(27,28)18-10-8-17(9-11-18)29(3,25)26/h4-12,22H,1-3H3,(H,20,24). The first-order valence-corrected chi connectivity index (χ1v) is 12.1. The van der Waals surface area contributed by atoms with Crippen LogP contribution in [0.3, 0.4) is 0 Å². The molecule has 1 heterocycles. The number of sulfone groups is 1. The van der Waals surface area contributed by atoms with Gasteiger partial charge in [-0.2, -0.15) is 5.10 Å². The number of hydrogen-bond acceptors (Lipinski definition) is 6.